The summed E-state index contributed by atoms with van der Waals surface area (Å²) in [7, 11) is 0. The molecule has 0 saturated carbocycles. The number of thioether (sulfide) groups is 1. The minimum absolute atomic E-state index is 0.00970. The SMILES string of the molecule is Cc1ccc(-n2c(S[C@@H](C)C(=O)NC(C)(C)C)nnc2N2CCCCC2)cc1. The van der Waals surface area contributed by atoms with Gasteiger partial charge in [-0.1, -0.05) is 29.5 Å². The van der Waals surface area contributed by atoms with Crippen molar-refractivity contribution in [2.75, 3.05) is 18.0 Å². The first-order valence-corrected chi connectivity index (χ1v) is 10.9. The minimum atomic E-state index is -0.262. The first-order valence-electron chi connectivity index (χ1n) is 10.0. The van der Waals surface area contributed by atoms with E-state index in [0.29, 0.717) is 0 Å². The van der Waals surface area contributed by atoms with Gasteiger partial charge in [-0.2, -0.15) is 0 Å². The number of anilines is 1. The van der Waals surface area contributed by atoms with E-state index in [1.54, 1.807) is 0 Å². The Kier molecular flexibility index (Phi) is 6.33. The van der Waals surface area contributed by atoms with Gasteiger partial charge in [-0.25, -0.2) is 0 Å². The van der Waals surface area contributed by atoms with Crippen molar-refractivity contribution in [3.8, 4) is 5.69 Å². The van der Waals surface area contributed by atoms with Crippen molar-refractivity contribution in [1.82, 2.24) is 20.1 Å². The normalized spacial score (nSPS) is 16.1. The maximum atomic E-state index is 12.6. The van der Waals surface area contributed by atoms with Gasteiger partial charge in [0.05, 0.1) is 10.9 Å². The van der Waals surface area contributed by atoms with Crippen LogP contribution in [0.5, 0.6) is 0 Å². The highest BCUT2D eigenvalue weighted by Gasteiger charge is 2.26. The van der Waals surface area contributed by atoms with Crippen LogP contribution in [0.15, 0.2) is 29.4 Å². The van der Waals surface area contributed by atoms with Crippen LogP contribution in [0.2, 0.25) is 0 Å². The van der Waals surface area contributed by atoms with Crippen molar-refractivity contribution in [1.29, 1.82) is 0 Å². The highest BCUT2D eigenvalue weighted by molar-refractivity contribution is 8.00. The van der Waals surface area contributed by atoms with E-state index in [-0.39, 0.29) is 16.7 Å². The second-order valence-electron chi connectivity index (χ2n) is 8.50. The summed E-state index contributed by atoms with van der Waals surface area (Å²) in [5.41, 5.74) is 1.99. The average Bonchev–Trinajstić information content (AvgIpc) is 3.05. The summed E-state index contributed by atoms with van der Waals surface area (Å²) in [4.78, 5) is 14.9. The van der Waals surface area contributed by atoms with Crippen LogP contribution >= 0.6 is 11.8 Å². The van der Waals surface area contributed by atoms with Crippen LogP contribution in [0.4, 0.5) is 5.95 Å². The molecule has 3 rings (SSSR count). The summed E-state index contributed by atoms with van der Waals surface area (Å²) >= 11 is 1.45. The van der Waals surface area contributed by atoms with Crippen LogP contribution in [0.1, 0.15) is 52.5 Å². The number of hydrogen-bond acceptors (Lipinski definition) is 5. The lowest BCUT2D eigenvalue weighted by molar-refractivity contribution is -0.121. The van der Waals surface area contributed by atoms with E-state index >= 15 is 0 Å². The summed E-state index contributed by atoms with van der Waals surface area (Å²) in [5.74, 6) is 0.880. The predicted octanol–water partition coefficient (Wildman–Crippen LogP) is 3.96. The number of benzene rings is 1. The maximum Gasteiger partial charge on any atom is 0.233 e. The lowest BCUT2D eigenvalue weighted by atomic mass is 10.1. The van der Waals surface area contributed by atoms with Gasteiger partial charge in [-0.05, 0) is 66.0 Å². The molecule has 1 saturated heterocycles. The standard InChI is InChI=1S/C21H31N5OS/c1-15-9-11-17(12-10-15)26-19(25-13-7-6-8-14-25)23-24-20(26)28-16(2)18(27)22-21(3,4)5/h9-12,16H,6-8,13-14H2,1-5H3,(H,22,27)/t16-/m0/s1. The summed E-state index contributed by atoms with van der Waals surface area (Å²) < 4.78 is 2.09. The van der Waals surface area contributed by atoms with Gasteiger partial charge in [-0.3, -0.25) is 9.36 Å². The van der Waals surface area contributed by atoms with Crippen LogP contribution in [0.25, 0.3) is 5.69 Å². The van der Waals surface area contributed by atoms with Gasteiger partial charge in [0.1, 0.15) is 0 Å². The van der Waals surface area contributed by atoms with Gasteiger partial charge in [0.2, 0.25) is 11.9 Å². The topological polar surface area (TPSA) is 63.1 Å². The maximum absolute atomic E-state index is 12.6. The number of carbonyl (C=O) groups is 1. The molecule has 152 valence electrons. The highest BCUT2D eigenvalue weighted by atomic mass is 32.2. The number of aryl methyl sites for hydroxylation is 1. The highest BCUT2D eigenvalue weighted by Crippen LogP contribution is 2.30. The molecular weight excluding hydrogens is 370 g/mol. The van der Waals surface area contributed by atoms with Gasteiger partial charge in [-0.15, -0.1) is 10.2 Å². The number of hydrogen-bond donors (Lipinski definition) is 1. The van der Waals surface area contributed by atoms with Crippen LogP contribution < -0.4 is 10.2 Å². The summed E-state index contributed by atoms with van der Waals surface area (Å²) in [6.07, 6.45) is 3.61. The Labute approximate surface area is 172 Å². The number of carbonyl (C=O) groups excluding carboxylic acids is 1. The van der Waals surface area contributed by atoms with Gasteiger partial charge in [0.25, 0.3) is 0 Å². The molecule has 0 unspecified atom stereocenters. The molecule has 7 heteroatoms. The molecule has 0 radical (unpaired) electrons. The van der Waals surface area contributed by atoms with Crippen LogP contribution in [-0.2, 0) is 4.79 Å². The van der Waals surface area contributed by atoms with E-state index in [1.165, 1.54) is 36.6 Å². The van der Waals surface area contributed by atoms with Gasteiger partial charge < -0.3 is 10.2 Å². The zero-order chi connectivity index (χ0) is 20.3. The molecule has 1 aromatic carbocycles. The molecule has 1 fully saturated rings. The zero-order valence-electron chi connectivity index (χ0n) is 17.5. The van der Waals surface area contributed by atoms with Gasteiger partial charge in [0.15, 0.2) is 5.16 Å². The van der Waals surface area contributed by atoms with E-state index in [1.807, 2.05) is 27.7 Å². The third kappa shape index (κ3) is 5.07. The second-order valence-corrected chi connectivity index (χ2v) is 9.81. The predicted molar refractivity (Wildman–Crippen MR) is 115 cm³/mol. The molecule has 1 N–H and O–H groups in total. The number of piperidine rings is 1. The molecule has 0 spiro atoms. The fourth-order valence-electron chi connectivity index (χ4n) is 3.24. The Morgan fingerprint density at radius 3 is 2.36 bits per heavy atom. The van der Waals surface area contributed by atoms with Crippen molar-refractivity contribution in [3.05, 3.63) is 29.8 Å². The zero-order valence-corrected chi connectivity index (χ0v) is 18.3. The van der Waals surface area contributed by atoms with Crippen molar-refractivity contribution >= 4 is 23.6 Å². The Morgan fingerprint density at radius 1 is 1.11 bits per heavy atom. The fourth-order valence-corrected chi connectivity index (χ4v) is 4.10. The molecular formula is C21H31N5OS. The first kappa shape index (κ1) is 20.7. The van der Waals surface area contributed by atoms with Gasteiger partial charge in [0, 0.05) is 18.6 Å². The largest absolute Gasteiger partial charge is 0.351 e. The monoisotopic (exact) mass is 401 g/mol. The number of rotatable bonds is 5. The van der Waals surface area contributed by atoms with Crippen molar-refractivity contribution < 1.29 is 4.79 Å². The molecule has 0 aliphatic carbocycles. The van der Waals surface area contributed by atoms with Crippen molar-refractivity contribution in [3.63, 3.8) is 0 Å². The summed E-state index contributed by atoms with van der Waals surface area (Å²) in [6.45, 7) is 12.0. The third-order valence-electron chi connectivity index (χ3n) is 4.70. The molecule has 2 heterocycles. The number of amides is 1. The van der Waals surface area contributed by atoms with E-state index in [9.17, 15) is 4.79 Å². The lowest BCUT2D eigenvalue weighted by Gasteiger charge is -2.28. The van der Waals surface area contributed by atoms with Crippen LogP contribution in [-0.4, -0.2) is 44.6 Å². The molecule has 6 nitrogen and oxygen atoms in total. The summed E-state index contributed by atoms with van der Waals surface area (Å²) in [6, 6.07) is 8.38. The number of nitrogens with one attached hydrogen (secondary N) is 1. The number of nitrogens with zero attached hydrogens (tertiary/aromatic N) is 4. The van der Waals surface area contributed by atoms with E-state index in [2.05, 4.69) is 56.2 Å². The Hall–Kier alpha value is -2.02. The molecule has 2 aromatic rings. The average molecular weight is 402 g/mol. The molecule has 1 aliphatic rings. The second kappa shape index (κ2) is 8.55. The Balaban J connectivity index is 1.91. The fraction of sp³-hybridized carbons (Fsp3) is 0.571. The Morgan fingerprint density at radius 2 is 1.75 bits per heavy atom. The third-order valence-corrected chi connectivity index (χ3v) is 5.74. The molecule has 1 aliphatic heterocycles. The Bertz CT molecular complexity index is 803. The molecule has 1 aromatic heterocycles. The molecule has 1 atom stereocenters. The van der Waals surface area contributed by atoms with E-state index in [0.717, 1.165) is 29.9 Å². The quantitative estimate of drug-likeness (QED) is 0.769. The lowest BCUT2D eigenvalue weighted by Crippen LogP contribution is -2.44. The van der Waals surface area contributed by atoms with Crippen molar-refractivity contribution in [2.45, 2.75) is 69.8 Å². The van der Waals surface area contributed by atoms with E-state index in [4.69, 9.17) is 0 Å². The summed E-state index contributed by atoms with van der Waals surface area (Å²) in [5, 5.41) is 12.5. The minimum Gasteiger partial charge on any atom is -0.351 e. The van der Waals surface area contributed by atoms with Crippen LogP contribution in [0.3, 0.4) is 0 Å². The van der Waals surface area contributed by atoms with Crippen LogP contribution in [0, 0.1) is 6.92 Å². The molecule has 1 amide bonds. The van der Waals surface area contributed by atoms with Crippen molar-refractivity contribution in [2.24, 2.45) is 0 Å². The molecule has 28 heavy (non-hydrogen) atoms. The van der Waals surface area contributed by atoms with E-state index < -0.39 is 0 Å². The molecule has 0 bridgehead atoms. The smallest absolute Gasteiger partial charge is 0.233 e. The van der Waals surface area contributed by atoms with Gasteiger partial charge >= 0.3 is 0 Å². The number of aromatic nitrogens is 3. The first-order chi connectivity index (χ1) is 13.2.